The Balaban J connectivity index is 1.98. The quantitative estimate of drug-likeness (QED) is 0.822. The molecule has 3 unspecified atom stereocenters. The van der Waals surface area contributed by atoms with Gasteiger partial charge in [-0.25, -0.2) is 0 Å². The fraction of sp³-hybridized carbons (Fsp3) is 0.684. The molecule has 2 rings (SSSR count). The van der Waals surface area contributed by atoms with Gasteiger partial charge < -0.3 is 5.32 Å². The van der Waals surface area contributed by atoms with E-state index in [4.69, 9.17) is 0 Å². The molecule has 21 heavy (non-hydrogen) atoms. The molecule has 0 amide bonds. The summed E-state index contributed by atoms with van der Waals surface area (Å²) in [5.41, 5.74) is 1.47. The van der Waals surface area contributed by atoms with Gasteiger partial charge in [0.05, 0.1) is 0 Å². The molecule has 1 heterocycles. The minimum Gasteiger partial charge on any atom is -0.311 e. The van der Waals surface area contributed by atoms with Crippen LogP contribution in [0.15, 0.2) is 30.3 Å². The van der Waals surface area contributed by atoms with Gasteiger partial charge in [-0.3, -0.25) is 4.90 Å². The summed E-state index contributed by atoms with van der Waals surface area (Å²) < 4.78 is 0. The van der Waals surface area contributed by atoms with Crippen molar-refractivity contribution < 1.29 is 0 Å². The van der Waals surface area contributed by atoms with Crippen LogP contribution in [0, 0.1) is 5.92 Å². The Morgan fingerprint density at radius 3 is 2.67 bits per heavy atom. The predicted octanol–water partition coefficient (Wildman–Crippen LogP) is 3.72. The number of nitrogens with zero attached hydrogens (tertiary/aromatic N) is 1. The molecule has 1 N–H and O–H groups in total. The molecule has 0 spiro atoms. The van der Waals surface area contributed by atoms with E-state index < -0.39 is 0 Å². The second-order valence-electron chi connectivity index (χ2n) is 6.70. The van der Waals surface area contributed by atoms with Gasteiger partial charge in [0.2, 0.25) is 0 Å². The second-order valence-corrected chi connectivity index (χ2v) is 6.70. The molecule has 0 bridgehead atoms. The van der Waals surface area contributed by atoms with E-state index in [1.54, 1.807) is 0 Å². The van der Waals surface area contributed by atoms with Crippen molar-refractivity contribution >= 4 is 0 Å². The second kappa shape index (κ2) is 8.55. The number of hydrogen-bond acceptors (Lipinski definition) is 2. The van der Waals surface area contributed by atoms with Gasteiger partial charge in [0.25, 0.3) is 0 Å². The molecule has 1 aliphatic rings. The fourth-order valence-electron chi connectivity index (χ4n) is 3.50. The van der Waals surface area contributed by atoms with Gasteiger partial charge in [-0.2, -0.15) is 0 Å². The first-order valence-corrected chi connectivity index (χ1v) is 8.74. The summed E-state index contributed by atoms with van der Waals surface area (Å²) in [7, 11) is 0. The largest absolute Gasteiger partial charge is 0.311 e. The molecule has 0 radical (unpaired) electrons. The Hall–Kier alpha value is -0.860. The summed E-state index contributed by atoms with van der Waals surface area (Å²) in [6, 6.07) is 12.3. The predicted molar refractivity (Wildman–Crippen MR) is 91.7 cm³/mol. The van der Waals surface area contributed by atoms with Gasteiger partial charge >= 0.3 is 0 Å². The average Bonchev–Trinajstić information content (AvgIpc) is 2.50. The summed E-state index contributed by atoms with van der Waals surface area (Å²) in [6.07, 6.45) is 5.05. The smallest absolute Gasteiger partial charge is 0.0261 e. The zero-order valence-corrected chi connectivity index (χ0v) is 14.0. The molecule has 2 nitrogen and oxygen atoms in total. The molecular formula is C19H32N2. The molecule has 0 aliphatic carbocycles. The normalized spacial score (nSPS) is 24.9. The molecule has 118 valence electrons. The van der Waals surface area contributed by atoms with Crippen molar-refractivity contribution in [2.45, 2.75) is 58.5 Å². The topological polar surface area (TPSA) is 15.3 Å². The van der Waals surface area contributed by atoms with Crippen LogP contribution < -0.4 is 5.32 Å². The molecule has 1 saturated heterocycles. The molecule has 0 aromatic heterocycles. The zero-order valence-electron chi connectivity index (χ0n) is 14.0. The lowest BCUT2D eigenvalue weighted by atomic mass is 9.97. The number of rotatable bonds is 7. The number of hydrogen-bond donors (Lipinski definition) is 1. The van der Waals surface area contributed by atoms with Gasteiger partial charge in [-0.15, -0.1) is 0 Å². The lowest BCUT2D eigenvalue weighted by molar-refractivity contribution is 0.109. The summed E-state index contributed by atoms with van der Waals surface area (Å²) >= 11 is 0. The third-order valence-electron chi connectivity index (χ3n) is 4.75. The van der Waals surface area contributed by atoms with Gasteiger partial charge in [-0.1, -0.05) is 57.5 Å². The number of nitrogens with one attached hydrogen (secondary N) is 1. The van der Waals surface area contributed by atoms with Crippen molar-refractivity contribution in [3.05, 3.63) is 35.9 Å². The number of piperazine rings is 1. The minimum atomic E-state index is 0.648. The molecule has 1 aliphatic heterocycles. The summed E-state index contributed by atoms with van der Waals surface area (Å²) in [5, 5.41) is 3.73. The fourth-order valence-corrected chi connectivity index (χ4v) is 3.50. The van der Waals surface area contributed by atoms with Crippen molar-refractivity contribution in [1.82, 2.24) is 10.2 Å². The van der Waals surface area contributed by atoms with Crippen LogP contribution in [-0.4, -0.2) is 36.6 Å². The van der Waals surface area contributed by atoms with Gasteiger partial charge in [0, 0.05) is 31.7 Å². The summed E-state index contributed by atoms with van der Waals surface area (Å²) in [6.45, 7) is 10.6. The van der Waals surface area contributed by atoms with Gasteiger partial charge in [0.15, 0.2) is 0 Å². The Morgan fingerprint density at radius 2 is 2.00 bits per heavy atom. The van der Waals surface area contributed by atoms with Crippen LogP contribution >= 0.6 is 0 Å². The third-order valence-corrected chi connectivity index (χ3v) is 4.75. The Morgan fingerprint density at radius 1 is 1.24 bits per heavy atom. The van der Waals surface area contributed by atoms with Crippen LogP contribution in [-0.2, 0) is 6.42 Å². The Kier molecular flexibility index (Phi) is 6.72. The van der Waals surface area contributed by atoms with E-state index >= 15 is 0 Å². The van der Waals surface area contributed by atoms with Crippen molar-refractivity contribution in [2.75, 3.05) is 19.6 Å². The summed E-state index contributed by atoms with van der Waals surface area (Å²) in [5.74, 6) is 0.809. The third kappa shape index (κ3) is 5.12. The first-order valence-electron chi connectivity index (χ1n) is 8.74. The lowest BCUT2D eigenvalue weighted by Crippen LogP contribution is -2.57. The Labute approximate surface area is 130 Å². The van der Waals surface area contributed by atoms with E-state index in [-0.39, 0.29) is 0 Å². The molecular weight excluding hydrogens is 256 g/mol. The van der Waals surface area contributed by atoms with E-state index in [1.807, 2.05) is 0 Å². The van der Waals surface area contributed by atoms with Gasteiger partial charge in [0.1, 0.15) is 0 Å². The minimum absolute atomic E-state index is 0.648. The van der Waals surface area contributed by atoms with Crippen LogP contribution in [0.2, 0.25) is 0 Å². The average molecular weight is 288 g/mol. The molecule has 0 saturated carbocycles. The maximum absolute atomic E-state index is 3.73. The van der Waals surface area contributed by atoms with Gasteiger partial charge in [-0.05, 0) is 30.7 Å². The van der Waals surface area contributed by atoms with E-state index in [1.165, 1.54) is 44.3 Å². The van der Waals surface area contributed by atoms with Crippen molar-refractivity contribution in [3.63, 3.8) is 0 Å². The van der Waals surface area contributed by atoms with E-state index in [0.29, 0.717) is 12.1 Å². The molecule has 1 aromatic carbocycles. The van der Waals surface area contributed by atoms with Crippen LogP contribution in [0.5, 0.6) is 0 Å². The lowest BCUT2D eigenvalue weighted by Gasteiger charge is -2.41. The molecule has 1 aromatic rings. The highest BCUT2D eigenvalue weighted by molar-refractivity contribution is 5.16. The first-order chi connectivity index (χ1) is 10.2. The highest BCUT2D eigenvalue weighted by Crippen LogP contribution is 2.18. The van der Waals surface area contributed by atoms with Crippen molar-refractivity contribution in [3.8, 4) is 0 Å². The molecule has 2 heteroatoms. The van der Waals surface area contributed by atoms with Crippen LogP contribution in [0.3, 0.4) is 0 Å². The zero-order chi connectivity index (χ0) is 15.1. The molecule has 3 atom stereocenters. The SMILES string of the molecule is CCCC(C)CN1CC(CC)NCC1Cc1ccccc1. The monoisotopic (exact) mass is 288 g/mol. The van der Waals surface area contributed by atoms with Crippen LogP contribution in [0.1, 0.15) is 45.6 Å². The van der Waals surface area contributed by atoms with E-state index in [9.17, 15) is 0 Å². The number of benzene rings is 1. The van der Waals surface area contributed by atoms with Crippen LogP contribution in [0.25, 0.3) is 0 Å². The summed E-state index contributed by atoms with van der Waals surface area (Å²) in [4.78, 5) is 2.75. The maximum Gasteiger partial charge on any atom is 0.0261 e. The first kappa shape index (κ1) is 16.5. The van der Waals surface area contributed by atoms with Crippen molar-refractivity contribution in [2.24, 2.45) is 5.92 Å². The van der Waals surface area contributed by atoms with Crippen LogP contribution in [0.4, 0.5) is 0 Å². The highest BCUT2D eigenvalue weighted by atomic mass is 15.2. The maximum atomic E-state index is 3.73. The Bertz CT molecular complexity index is 390. The van der Waals surface area contributed by atoms with E-state index in [0.717, 1.165) is 12.5 Å². The van der Waals surface area contributed by atoms with E-state index in [2.05, 4.69) is 61.3 Å². The highest BCUT2D eigenvalue weighted by Gasteiger charge is 2.27. The van der Waals surface area contributed by atoms with Crippen molar-refractivity contribution in [1.29, 1.82) is 0 Å². The molecule has 1 fully saturated rings. The standard InChI is InChI=1S/C19H32N2/c1-4-9-16(3)14-21-15-18(5-2)20-13-19(21)12-17-10-7-6-8-11-17/h6-8,10-11,16,18-20H,4-5,9,12-15H2,1-3H3.